The van der Waals surface area contributed by atoms with E-state index < -0.39 is 5.92 Å². The Morgan fingerprint density at radius 3 is 2.52 bits per heavy atom. The lowest BCUT2D eigenvalue weighted by Gasteiger charge is -2.52. The Bertz CT molecular complexity index is 1800. The zero-order valence-corrected chi connectivity index (χ0v) is 26.2. The monoisotopic (exact) mass is 612 g/mol. The van der Waals surface area contributed by atoms with Crippen molar-refractivity contribution < 1.29 is 13.6 Å². The van der Waals surface area contributed by atoms with Crippen molar-refractivity contribution >= 4 is 38.7 Å². The normalized spacial score (nSPS) is 21.0. The number of thiazole rings is 1. The quantitative estimate of drug-likeness (QED) is 0.209. The molecule has 2 bridgehead atoms. The summed E-state index contributed by atoms with van der Waals surface area (Å²) in [5, 5.41) is 5.85. The first-order valence-corrected chi connectivity index (χ1v) is 16.9. The number of hydrogen-bond acceptors (Lipinski definition) is 4. The molecule has 0 N–H and O–H groups in total. The molecule has 8 heteroatoms. The number of halogens is 2. The van der Waals surface area contributed by atoms with Gasteiger partial charge in [-0.15, -0.1) is 11.3 Å². The molecular weight excluding hydrogens is 574 g/mol. The molecule has 2 aromatic carbocycles. The summed E-state index contributed by atoms with van der Waals surface area (Å²) in [5.41, 5.74) is 9.44. The van der Waals surface area contributed by atoms with E-state index in [1.807, 2.05) is 24.0 Å². The highest BCUT2D eigenvalue weighted by atomic mass is 32.1. The van der Waals surface area contributed by atoms with Crippen LogP contribution in [0.5, 0.6) is 0 Å². The molecule has 4 aromatic rings. The zero-order chi connectivity index (χ0) is 30.2. The average Bonchev–Trinajstić information content (AvgIpc) is 3.67. The van der Waals surface area contributed by atoms with Crippen LogP contribution in [0.15, 0.2) is 54.1 Å². The van der Waals surface area contributed by atoms with E-state index in [1.165, 1.54) is 35.4 Å². The van der Waals surface area contributed by atoms with Gasteiger partial charge < -0.3 is 4.90 Å². The van der Waals surface area contributed by atoms with Gasteiger partial charge in [0.1, 0.15) is 0 Å². The fourth-order valence-electron chi connectivity index (χ4n) is 7.87. The maximum Gasteiger partial charge on any atom is 0.248 e. The van der Waals surface area contributed by atoms with Crippen molar-refractivity contribution in [2.75, 3.05) is 11.4 Å². The standard InChI is InChI=1S/C36H38F2N4OS/c1-22-39-30-9-8-26(17-33(30)44-22)25-4-3-5-28(16-25)42(34(43)24-10-14-36(37,38)15-11-24)21-35-13-12-29(27(19-35)20-35)32-18-31(23-6-7-23)40-41(32)2/h3-5,8-9,16-18,23-24H,6-7,10-15,19-21H2,1-2H3. The maximum absolute atomic E-state index is 14.2. The molecular formula is C36H38F2N4OS. The lowest BCUT2D eigenvalue weighted by Crippen LogP contribution is -2.50. The summed E-state index contributed by atoms with van der Waals surface area (Å²) in [6.45, 7) is 2.65. The number of fused-ring (bicyclic) bond motifs is 3. The number of allylic oxidation sites excluding steroid dienone is 2. The smallest absolute Gasteiger partial charge is 0.248 e. The molecule has 2 heterocycles. The highest BCUT2D eigenvalue weighted by molar-refractivity contribution is 7.18. The summed E-state index contributed by atoms with van der Waals surface area (Å²) >= 11 is 1.68. The van der Waals surface area contributed by atoms with Gasteiger partial charge in [-0.3, -0.25) is 9.48 Å². The van der Waals surface area contributed by atoms with Crippen LogP contribution in [-0.4, -0.2) is 33.1 Å². The van der Waals surface area contributed by atoms with Crippen LogP contribution in [0, 0.1) is 18.3 Å². The van der Waals surface area contributed by atoms with E-state index in [4.69, 9.17) is 5.10 Å². The van der Waals surface area contributed by atoms with Crippen molar-refractivity contribution in [3.8, 4) is 11.1 Å². The molecule has 3 fully saturated rings. The SMILES string of the molecule is Cc1nc2ccc(-c3cccc(N(CC45CCC(c6cc(C7CC7)nn6C)=C(C4)C5)C(=O)C4CCC(F)(F)CC4)c3)cc2s1. The van der Waals surface area contributed by atoms with Gasteiger partial charge in [-0.1, -0.05) is 23.8 Å². The first-order valence-electron chi connectivity index (χ1n) is 16.1. The number of carbonyl (C=O) groups is 1. The van der Waals surface area contributed by atoms with E-state index >= 15 is 0 Å². The molecule has 5 aliphatic rings. The van der Waals surface area contributed by atoms with Crippen molar-refractivity contribution in [1.82, 2.24) is 14.8 Å². The van der Waals surface area contributed by atoms with Crippen LogP contribution in [-0.2, 0) is 11.8 Å². The highest BCUT2D eigenvalue weighted by Gasteiger charge is 2.48. The first kappa shape index (κ1) is 28.1. The number of amides is 1. The first-order chi connectivity index (χ1) is 21.2. The number of aryl methyl sites for hydroxylation is 2. The number of carbonyl (C=O) groups excluding carboxylic acids is 1. The van der Waals surface area contributed by atoms with E-state index in [-0.39, 0.29) is 42.9 Å². The van der Waals surface area contributed by atoms with E-state index in [0.717, 1.165) is 57.7 Å². The Morgan fingerprint density at radius 1 is 1.02 bits per heavy atom. The van der Waals surface area contributed by atoms with Gasteiger partial charge in [0, 0.05) is 44.0 Å². The molecule has 44 heavy (non-hydrogen) atoms. The van der Waals surface area contributed by atoms with E-state index in [0.29, 0.717) is 12.5 Å². The third kappa shape index (κ3) is 5.09. The van der Waals surface area contributed by atoms with Crippen molar-refractivity contribution in [3.63, 3.8) is 0 Å². The molecule has 228 valence electrons. The number of benzene rings is 2. The van der Waals surface area contributed by atoms with Crippen LogP contribution < -0.4 is 4.90 Å². The van der Waals surface area contributed by atoms with Crippen LogP contribution in [0.4, 0.5) is 14.5 Å². The van der Waals surface area contributed by atoms with E-state index in [9.17, 15) is 13.6 Å². The van der Waals surface area contributed by atoms with E-state index in [2.05, 4.69) is 53.1 Å². The van der Waals surface area contributed by atoms with Gasteiger partial charge in [0.15, 0.2) is 0 Å². The molecule has 5 aliphatic carbocycles. The minimum absolute atomic E-state index is 0.00416. The Hall–Kier alpha value is -3.39. The Morgan fingerprint density at radius 2 is 1.80 bits per heavy atom. The molecule has 3 saturated carbocycles. The van der Waals surface area contributed by atoms with Crippen LogP contribution in [0.3, 0.4) is 0 Å². The zero-order valence-electron chi connectivity index (χ0n) is 25.4. The van der Waals surface area contributed by atoms with Crippen molar-refractivity contribution in [1.29, 1.82) is 0 Å². The van der Waals surface area contributed by atoms with Crippen LogP contribution >= 0.6 is 11.3 Å². The summed E-state index contributed by atoms with van der Waals surface area (Å²) in [7, 11) is 2.06. The molecule has 1 amide bonds. The minimum Gasteiger partial charge on any atom is -0.312 e. The molecule has 0 atom stereocenters. The number of nitrogens with zero attached hydrogens (tertiary/aromatic N) is 4. The van der Waals surface area contributed by atoms with Crippen molar-refractivity contribution in [2.24, 2.45) is 18.4 Å². The van der Waals surface area contributed by atoms with Crippen LogP contribution in [0.25, 0.3) is 26.9 Å². The van der Waals surface area contributed by atoms with Gasteiger partial charge in [-0.2, -0.15) is 5.10 Å². The number of rotatable bonds is 7. The largest absolute Gasteiger partial charge is 0.312 e. The molecule has 5 nitrogen and oxygen atoms in total. The fraction of sp³-hybridized carbons (Fsp3) is 0.472. The second kappa shape index (κ2) is 10.3. The Balaban J connectivity index is 1.09. The fourth-order valence-corrected chi connectivity index (χ4v) is 8.74. The predicted octanol–water partition coefficient (Wildman–Crippen LogP) is 9.07. The third-order valence-corrected chi connectivity index (χ3v) is 11.5. The molecule has 0 saturated heterocycles. The van der Waals surface area contributed by atoms with Crippen LogP contribution in [0.1, 0.15) is 86.5 Å². The number of aromatic nitrogens is 3. The van der Waals surface area contributed by atoms with Gasteiger partial charge in [0.05, 0.1) is 26.6 Å². The summed E-state index contributed by atoms with van der Waals surface area (Å²) in [4.78, 5) is 20.8. The summed E-state index contributed by atoms with van der Waals surface area (Å²) in [6.07, 6.45) is 6.55. The van der Waals surface area contributed by atoms with Gasteiger partial charge >= 0.3 is 0 Å². The lowest BCUT2D eigenvalue weighted by molar-refractivity contribution is -0.127. The van der Waals surface area contributed by atoms with Gasteiger partial charge in [-0.05, 0) is 111 Å². The Kier molecular flexibility index (Phi) is 6.60. The number of anilines is 1. The second-order valence-corrected chi connectivity index (χ2v) is 15.0. The van der Waals surface area contributed by atoms with Gasteiger partial charge in [0.2, 0.25) is 11.8 Å². The second-order valence-electron chi connectivity index (χ2n) is 13.8. The lowest BCUT2D eigenvalue weighted by atomic mass is 9.56. The molecule has 0 spiro atoms. The maximum atomic E-state index is 14.2. The summed E-state index contributed by atoms with van der Waals surface area (Å²) < 4.78 is 31.4. The molecule has 0 unspecified atom stereocenters. The van der Waals surface area contributed by atoms with Crippen molar-refractivity contribution in [3.05, 3.63) is 70.5 Å². The highest BCUT2D eigenvalue weighted by Crippen LogP contribution is 2.58. The number of alkyl halides is 2. The van der Waals surface area contributed by atoms with Crippen molar-refractivity contribution in [2.45, 2.75) is 83.0 Å². The Labute approximate surface area is 261 Å². The topological polar surface area (TPSA) is 51.0 Å². The minimum atomic E-state index is -2.66. The van der Waals surface area contributed by atoms with Gasteiger partial charge in [-0.25, -0.2) is 13.8 Å². The molecule has 0 aliphatic heterocycles. The number of hydrogen-bond donors (Lipinski definition) is 0. The summed E-state index contributed by atoms with van der Waals surface area (Å²) in [6, 6.07) is 16.9. The van der Waals surface area contributed by atoms with Gasteiger partial charge in [0.25, 0.3) is 0 Å². The third-order valence-electron chi connectivity index (χ3n) is 10.5. The van der Waals surface area contributed by atoms with Crippen LogP contribution in [0.2, 0.25) is 0 Å². The summed E-state index contributed by atoms with van der Waals surface area (Å²) in [5.74, 6) is -2.39. The molecule has 9 rings (SSSR count). The average molecular weight is 613 g/mol. The molecule has 2 aromatic heterocycles. The molecule has 0 radical (unpaired) electrons. The van der Waals surface area contributed by atoms with E-state index in [1.54, 1.807) is 11.3 Å². The predicted molar refractivity (Wildman–Crippen MR) is 172 cm³/mol.